The Kier molecular flexibility index (Phi) is 4.95. The van der Waals surface area contributed by atoms with E-state index in [1.54, 1.807) is 4.90 Å². The molecule has 0 fully saturated rings. The number of benzene rings is 1. The first-order chi connectivity index (χ1) is 8.00. The van der Waals surface area contributed by atoms with E-state index in [4.69, 9.17) is 0 Å². The monoisotopic (exact) mass is 231 g/mol. The van der Waals surface area contributed by atoms with Crippen LogP contribution in [0.5, 0.6) is 0 Å². The lowest BCUT2D eigenvalue weighted by Crippen LogP contribution is -2.29. The molecule has 0 aliphatic rings. The molecule has 0 spiro atoms. The molecule has 0 bridgehead atoms. The Balaban J connectivity index is 2.91. The molecule has 0 aromatic heterocycles. The van der Waals surface area contributed by atoms with Crippen molar-refractivity contribution in [3.8, 4) is 0 Å². The predicted molar refractivity (Wildman–Crippen MR) is 71.7 cm³/mol. The van der Waals surface area contributed by atoms with Crippen molar-refractivity contribution in [2.75, 3.05) is 6.54 Å². The number of hydrogen-bond donors (Lipinski definition) is 0. The summed E-state index contributed by atoms with van der Waals surface area (Å²) in [5, 5.41) is 0. The fourth-order valence-electron chi connectivity index (χ4n) is 1.65. The first-order valence-corrected chi connectivity index (χ1v) is 6.01. The molecule has 0 saturated heterocycles. The van der Waals surface area contributed by atoms with Crippen molar-refractivity contribution in [2.45, 2.75) is 27.7 Å². The van der Waals surface area contributed by atoms with Gasteiger partial charge in [0.15, 0.2) is 0 Å². The molecule has 0 saturated carbocycles. The maximum absolute atomic E-state index is 12.3. The Bertz CT molecular complexity index is 389. The van der Waals surface area contributed by atoms with Gasteiger partial charge in [0.2, 0.25) is 0 Å². The summed E-state index contributed by atoms with van der Waals surface area (Å²) in [6.07, 6.45) is 1.93. The molecule has 1 aromatic carbocycles. The van der Waals surface area contributed by atoms with Crippen molar-refractivity contribution in [3.63, 3.8) is 0 Å². The third kappa shape index (κ3) is 4.43. The summed E-state index contributed by atoms with van der Waals surface area (Å²) in [7, 11) is 0. The summed E-state index contributed by atoms with van der Waals surface area (Å²) in [4.78, 5) is 14.1. The van der Waals surface area contributed by atoms with E-state index in [-0.39, 0.29) is 5.91 Å². The van der Waals surface area contributed by atoms with Gasteiger partial charge < -0.3 is 4.90 Å². The molecule has 0 atom stereocenters. The van der Waals surface area contributed by atoms with Crippen LogP contribution in [0.3, 0.4) is 0 Å². The van der Waals surface area contributed by atoms with Crippen molar-refractivity contribution in [1.82, 2.24) is 4.90 Å². The maximum Gasteiger partial charge on any atom is 0.257 e. The largest absolute Gasteiger partial charge is 0.315 e. The first kappa shape index (κ1) is 13.5. The highest BCUT2D eigenvalue weighted by Gasteiger charge is 2.14. The van der Waals surface area contributed by atoms with E-state index in [0.29, 0.717) is 5.92 Å². The van der Waals surface area contributed by atoms with Crippen molar-refractivity contribution >= 4 is 5.91 Å². The van der Waals surface area contributed by atoms with Crippen LogP contribution in [-0.2, 0) is 0 Å². The van der Waals surface area contributed by atoms with Gasteiger partial charge in [-0.25, -0.2) is 0 Å². The Morgan fingerprint density at radius 3 is 2.29 bits per heavy atom. The van der Waals surface area contributed by atoms with Gasteiger partial charge in [-0.3, -0.25) is 4.79 Å². The van der Waals surface area contributed by atoms with Crippen molar-refractivity contribution in [3.05, 3.63) is 47.7 Å². The zero-order valence-corrected chi connectivity index (χ0v) is 11.1. The van der Waals surface area contributed by atoms with E-state index in [9.17, 15) is 4.79 Å². The molecule has 1 rings (SSSR count). The van der Waals surface area contributed by atoms with Gasteiger partial charge in [-0.2, -0.15) is 0 Å². The van der Waals surface area contributed by atoms with Crippen LogP contribution in [0.4, 0.5) is 0 Å². The van der Waals surface area contributed by atoms with Gasteiger partial charge in [-0.15, -0.1) is 0 Å². The smallest absolute Gasteiger partial charge is 0.257 e. The van der Waals surface area contributed by atoms with Crippen molar-refractivity contribution < 1.29 is 4.79 Å². The third-order valence-electron chi connectivity index (χ3n) is 2.26. The first-order valence-electron chi connectivity index (χ1n) is 6.01. The topological polar surface area (TPSA) is 20.3 Å². The molecule has 0 aliphatic carbocycles. The van der Waals surface area contributed by atoms with E-state index in [1.807, 2.05) is 50.4 Å². The molecule has 17 heavy (non-hydrogen) atoms. The molecule has 0 radical (unpaired) electrons. The molecular weight excluding hydrogens is 210 g/mol. The van der Waals surface area contributed by atoms with Gasteiger partial charge in [-0.05, 0) is 31.9 Å². The summed E-state index contributed by atoms with van der Waals surface area (Å²) in [6, 6.07) is 9.42. The number of carbonyl (C=O) groups is 1. The van der Waals surface area contributed by atoms with Crippen molar-refractivity contribution in [2.24, 2.45) is 5.92 Å². The Labute approximate surface area is 104 Å². The zero-order chi connectivity index (χ0) is 12.8. The Morgan fingerprint density at radius 2 is 1.82 bits per heavy atom. The molecule has 2 nitrogen and oxygen atoms in total. The minimum Gasteiger partial charge on any atom is -0.315 e. The lowest BCUT2D eigenvalue weighted by Gasteiger charge is -2.21. The fourth-order valence-corrected chi connectivity index (χ4v) is 1.65. The molecule has 1 aromatic rings. The van der Waals surface area contributed by atoms with E-state index in [0.717, 1.165) is 17.7 Å². The SMILES string of the molecule is CC(C)=CN(CC(C)C)C(=O)c1ccccc1. The molecule has 0 N–H and O–H groups in total. The minimum absolute atomic E-state index is 0.0699. The summed E-state index contributed by atoms with van der Waals surface area (Å²) < 4.78 is 0. The minimum atomic E-state index is 0.0699. The average molecular weight is 231 g/mol. The second kappa shape index (κ2) is 6.24. The van der Waals surface area contributed by atoms with Crippen LogP contribution in [0, 0.1) is 5.92 Å². The van der Waals surface area contributed by atoms with Gasteiger partial charge >= 0.3 is 0 Å². The highest BCUT2D eigenvalue weighted by molar-refractivity contribution is 5.94. The van der Waals surface area contributed by atoms with Crippen LogP contribution in [0.25, 0.3) is 0 Å². The Morgan fingerprint density at radius 1 is 1.24 bits per heavy atom. The summed E-state index contributed by atoms with van der Waals surface area (Å²) >= 11 is 0. The molecule has 1 amide bonds. The lowest BCUT2D eigenvalue weighted by atomic mass is 10.1. The third-order valence-corrected chi connectivity index (χ3v) is 2.26. The summed E-state index contributed by atoms with van der Waals surface area (Å²) in [6.45, 7) is 8.99. The number of amides is 1. The Hall–Kier alpha value is -1.57. The second-order valence-electron chi connectivity index (χ2n) is 4.92. The standard InChI is InChI=1S/C15H21NO/c1-12(2)10-16(11-13(3)4)15(17)14-8-6-5-7-9-14/h5-10,13H,11H2,1-4H3. The van der Waals surface area contributed by atoms with Gasteiger partial charge in [0.05, 0.1) is 0 Å². The molecule has 0 unspecified atom stereocenters. The fraction of sp³-hybridized carbons (Fsp3) is 0.400. The summed E-state index contributed by atoms with van der Waals surface area (Å²) in [5.74, 6) is 0.527. The molecule has 92 valence electrons. The zero-order valence-electron chi connectivity index (χ0n) is 11.1. The van der Waals surface area contributed by atoms with Gasteiger partial charge in [0.1, 0.15) is 0 Å². The van der Waals surface area contributed by atoms with Gasteiger partial charge in [0.25, 0.3) is 5.91 Å². The van der Waals surface area contributed by atoms with E-state index in [2.05, 4.69) is 13.8 Å². The highest BCUT2D eigenvalue weighted by atomic mass is 16.2. The number of hydrogen-bond acceptors (Lipinski definition) is 1. The van der Waals surface area contributed by atoms with Crippen LogP contribution in [0.2, 0.25) is 0 Å². The summed E-state index contributed by atoms with van der Waals surface area (Å²) in [5.41, 5.74) is 1.88. The molecular formula is C15H21NO. The number of nitrogens with zero attached hydrogens (tertiary/aromatic N) is 1. The van der Waals surface area contributed by atoms with Crippen LogP contribution in [0.1, 0.15) is 38.1 Å². The van der Waals surface area contributed by atoms with E-state index < -0.39 is 0 Å². The van der Waals surface area contributed by atoms with Gasteiger partial charge in [0, 0.05) is 18.3 Å². The molecule has 0 heterocycles. The van der Waals surface area contributed by atoms with Gasteiger partial charge in [-0.1, -0.05) is 37.6 Å². The molecule has 2 heteroatoms. The maximum atomic E-state index is 12.3. The van der Waals surface area contributed by atoms with Crippen molar-refractivity contribution in [1.29, 1.82) is 0 Å². The quantitative estimate of drug-likeness (QED) is 0.773. The average Bonchev–Trinajstić information content (AvgIpc) is 2.27. The van der Waals surface area contributed by atoms with E-state index in [1.165, 1.54) is 0 Å². The molecule has 0 aliphatic heterocycles. The number of rotatable bonds is 4. The van der Waals surface area contributed by atoms with Crippen LogP contribution < -0.4 is 0 Å². The number of allylic oxidation sites excluding steroid dienone is 1. The normalized spacial score (nSPS) is 10.2. The van der Waals surface area contributed by atoms with E-state index >= 15 is 0 Å². The predicted octanol–water partition coefficient (Wildman–Crippen LogP) is 3.71. The van der Waals surface area contributed by atoms with Crippen LogP contribution in [0.15, 0.2) is 42.1 Å². The van der Waals surface area contributed by atoms with Crippen LogP contribution in [-0.4, -0.2) is 17.4 Å². The lowest BCUT2D eigenvalue weighted by molar-refractivity contribution is 0.0807. The highest BCUT2D eigenvalue weighted by Crippen LogP contribution is 2.09. The second-order valence-corrected chi connectivity index (χ2v) is 4.92. The van der Waals surface area contributed by atoms with Crippen LogP contribution >= 0.6 is 0 Å². The number of carbonyl (C=O) groups excluding carboxylic acids is 1.